The van der Waals surface area contributed by atoms with Gasteiger partial charge in [-0.25, -0.2) is 0 Å². The van der Waals surface area contributed by atoms with Crippen LogP contribution in [0, 0.1) is 5.41 Å². The van der Waals surface area contributed by atoms with E-state index in [1.54, 1.807) is 0 Å². The summed E-state index contributed by atoms with van der Waals surface area (Å²) in [7, 11) is 0. The van der Waals surface area contributed by atoms with E-state index in [1.807, 2.05) is 6.08 Å². The van der Waals surface area contributed by atoms with E-state index in [1.165, 1.54) is 36.6 Å². The zero-order valence-corrected chi connectivity index (χ0v) is 6.90. The Bertz CT molecular complexity index is 169. The first-order valence-corrected chi connectivity index (χ1v) is 4.23. The lowest BCUT2D eigenvalue weighted by Gasteiger charge is -2.01. The first kappa shape index (κ1) is 8.25. The molecule has 0 aliphatic heterocycles. The fourth-order valence-electron chi connectivity index (χ4n) is 1.53. The van der Waals surface area contributed by atoms with Crippen LogP contribution in [-0.2, 0) is 0 Å². The van der Waals surface area contributed by atoms with Crippen molar-refractivity contribution in [2.45, 2.75) is 32.1 Å². The fraction of sp³-hybridized carbons (Fsp3) is 0.500. The van der Waals surface area contributed by atoms with Gasteiger partial charge < -0.3 is 5.41 Å². The third kappa shape index (κ3) is 2.04. The van der Waals surface area contributed by atoms with Gasteiger partial charge >= 0.3 is 0 Å². The Morgan fingerprint density at radius 2 is 1.73 bits per heavy atom. The molecule has 0 saturated heterocycles. The third-order valence-corrected chi connectivity index (χ3v) is 2.23. The summed E-state index contributed by atoms with van der Waals surface area (Å²) in [4.78, 5) is 0. The number of allylic oxidation sites excluding steroid dienone is 3. The van der Waals surface area contributed by atoms with Crippen LogP contribution in [0.5, 0.6) is 0 Å². The van der Waals surface area contributed by atoms with Crippen LogP contribution in [-0.4, -0.2) is 6.21 Å². The van der Waals surface area contributed by atoms with Gasteiger partial charge in [-0.05, 0) is 36.8 Å². The van der Waals surface area contributed by atoms with Crippen molar-refractivity contribution in [2.75, 3.05) is 0 Å². The van der Waals surface area contributed by atoms with Gasteiger partial charge in [0.2, 0.25) is 0 Å². The smallest absolute Gasteiger partial charge is 0.0212 e. The minimum absolute atomic E-state index is 1.07. The molecule has 0 unspecified atom stereocenters. The lowest BCUT2D eigenvalue weighted by atomic mass is 10.1. The zero-order chi connectivity index (χ0) is 8.10. The molecule has 1 nitrogen and oxygen atoms in total. The predicted octanol–water partition coefficient (Wildman–Crippen LogP) is 3.08. The zero-order valence-electron chi connectivity index (χ0n) is 6.90. The third-order valence-electron chi connectivity index (χ3n) is 2.23. The van der Waals surface area contributed by atoms with Crippen molar-refractivity contribution in [2.24, 2.45) is 0 Å². The Kier molecular flexibility index (Phi) is 3.09. The molecule has 1 aliphatic rings. The molecule has 60 valence electrons. The second-order valence-electron chi connectivity index (χ2n) is 2.96. The monoisotopic (exact) mass is 149 g/mol. The molecule has 0 atom stereocenters. The van der Waals surface area contributed by atoms with Crippen LogP contribution in [0.25, 0.3) is 0 Å². The second kappa shape index (κ2) is 4.12. The predicted molar refractivity (Wildman–Crippen MR) is 49.1 cm³/mol. The van der Waals surface area contributed by atoms with Gasteiger partial charge in [-0.15, -0.1) is 0 Å². The van der Waals surface area contributed by atoms with E-state index in [4.69, 9.17) is 5.41 Å². The van der Waals surface area contributed by atoms with E-state index in [9.17, 15) is 0 Å². The van der Waals surface area contributed by atoms with Crippen molar-refractivity contribution in [3.8, 4) is 0 Å². The number of hydrogen-bond donors (Lipinski definition) is 1. The molecular formula is C10H15N. The van der Waals surface area contributed by atoms with Crippen LogP contribution < -0.4 is 0 Å². The highest BCUT2D eigenvalue weighted by Gasteiger charge is 2.05. The Labute approximate surface area is 68.3 Å². The standard InChI is InChI=1S/C10H15N/c1-2-9-6-4-3-5-7-10(9)8-11/h2,8,11H,1,3-7H2. The molecule has 0 aromatic heterocycles. The number of nitrogens with one attached hydrogen (secondary N) is 1. The minimum Gasteiger partial charge on any atom is -0.308 e. The molecule has 1 N–H and O–H groups in total. The fourth-order valence-corrected chi connectivity index (χ4v) is 1.53. The lowest BCUT2D eigenvalue weighted by Crippen LogP contribution is -1.87. The molecule has 0 heterocycles. The highest BCUT2D eigenvalue weighted by Crippen LogP contribution is 2.22. The quantitative estimate of drug-likeness (QED) is 0.583. The molecule has 0 aromatic carbocycles. The average molecular weight is 149 g/mol. The maximum Gasteiger partial charge on any atom is 0.0212 e. The Balaban J connectivity index is 2.79. The van der Waals surface area contributed by atoms with Gasteiger partial charge in [-0.1, -0.05) is 19.1 Å². The SMILES string of the molecule is C=CC1=C(C=N)CCCCC1. The molecule has 1 rings (SSSR count). The maximum atomic E-state index is 7.20. The van der Waals surface area contributed by atoms with Gasteiger partial charge in [0.25, 0.3) is 0 Å². The van der Waals surface area contributed by atoms with E-state index in [2.05, 4.69) is 6.58 Å². The van der Waals surface area contributed by atoms with Crippen molar-refractivity contribution in [1.82, 2.24) is 0 Å². The molecule has 0 bridgehead atoms. The van der Waals surface area contributed by atoms with E-state index in [-0.39, 0.29) is 0 Å². The van der Waals surface area contributed by atoms with Crippen LogP contribution in [0.1, 0.15) is 32.1 Å². The van der Waals surface area contributed by atoms with Crippen molar-refractivity contribution in [3.63, 3.8) is 0 Å². The van der Waals surface area contributed by atoms with Gasteiger partial charge in [0.1, 0.15) is 0 Å². The van der Waals surface area contributed by atoms with E-state index < -0.39 is 0 Å². The summed E-state index contributed by atoms with van der Waals surface area (Å²) in [5.74, 6) is 0. The largest absolute Gasteiger partial charge is 0.308 e. The average Bonchev–Trinajstić information content (AvgIpc) is 2.27. The summed E-state index contributed by atoms with van der Waals surface area (Å²) in [6.45, 7) is 3.76. The molecule has 11 heavy (non-hydrogen) atoms. The van der Waals surface area contributed by atoms with E-state index >= 15 is 0 Å². The van der Waals surface area contributed by atoms with Gasteiger partial charge in [-0.3, -0.25) is 0 Å². The highest BCUT2D eigenvalue weighted by atomic mass is 14.3. The van der Waals surface area contributed by atoms with Crippen LogP contribution in [0.15, 0.2) is 23.8 Å². The molecule has 1 heteroatoms. The normalized spacial score (nSPS) is 19.3. The van der Waals surface area contributed by atoms with Crippen molar-refractivity contribution >= 4 is 6.21 Å². The van der Waals surface area contributed by atoms with Crippen LogP contribution in [0.4, 0.5) is 0 Å². The Hall–Kier alpha value is -0.850. The molecule has 0 spiro atoms. The second-order valence-corrected chi connectivity index (χ2v) is 2.96. The van der Waals surface area contributed by atoms with Gasteiger partial charge in [0.05, 0.1) is 0 Å². The van der Waals surface area contributed by atoms with Crippen molar-refractivity contribution < 1.29 is 0 Å². The van der Waals surface area contributed by atoms with Crippen molar-refractivity contribution in [1.29, 1.82) is 5.41 Å². The molecule has 0 aromatic rings. The first-order valence-electron chi connectivity index (χ1n) is 4.23. The van der Waals surface area contributed by atoms with Crippen molar-refractivity contribution in [3.05, 3.63) is 23.8 Å². The van der Waals surface area contributed by atoms with E-state index in [0.29, 0.717) is 0 Å². The molecule has 0 fully saturated rings. The minimum atomic E-state index is 1.07. The summed E-state index contributed by atoms with van der Waals surface area (Å²) in [6, 6.07) is 0. The van der Waals surface area contributed by atoms with Crippen LogP contribution in [0.3, 0.4) is 0 Å². The summed E-state index contributed by atoms with van der Waals surface area (Å²) in [5.41, 5.74) is 2.48. The summed E-state index contributed by atoms with van der Waals surface area (Å²) in [6.07, 6.45) is 9.39. The summed E-state index contributed by atoms with van der Waals surface area (Å²) >= 11 is 0. The summed E-state index contributed by atoms with van der Waals surface area (Å²) in [5, 5.41) is 7.20. The van der Waals surface area contributed by atoms with Gasteiger partial charge in [0, 0.05) is 6.21 Å². The Morgan fingerprint density at radius 1 is 1.09 bits per heavy atom. The topological polar surface area (TPSA) is 23.9 Å². The first-order chi connectivity index (χ1) is 5.38. The molecular weight excluding hydrogens is 134 g/mol. The van der Waals surface area contributed by atoms with Gasteiger partial charge in [-0.2, -0.15) is 0 Å². The maximum absolute atomic E-state index is 7.20. The molecule has 0 saturated carbocycles. The van der Waals surface area contributed by atoms with E-state index in [0.717, 1.165) is 12.8 Å². The number of hydrogen-bond acceptors (Lipinski definition) is 1. The Morgan fingerprint density at radius 3 is 2.27 bits per heavy atom. The summed E-state index contributed by atoms with van der Waals surface area (Å²) < 4.78 is 0. The molecule has 1 aliphatic carbocycles. The lowest BCUT2D eigenvalue weighted by molar-refractivity contribution is 0.711. The highest BCUT2D eigenvalue weighted by molar-refractivity contribution is 5.77. The van der Waals surface area contributed by atoms with Crippen LogP contribution in [0.2, 0.25) is 0 Å². The van der Waals surface area contributed by atoms with Gasteiger partial charge in [0.15, 0.2) is 0 Å². The molecule has 0 radical (unpaired) electrons. The molecule has 0 amide bonds. The van der Waals surface area contributed by atoms with Crippen LogP contribution >= 0.6 is 0 Å². The number of rotatable bonds is 2.